The number of urea groups is 1. The van der Waals surface area contributed by atoms with Gasteiger partial charge in [-0.1, -0.05) is 19.3 Å². The summed E-state index contributed by atoms with van der Waals surface area (Å²) in [5, 5.41) is 12.0. The predicted octanol–water partition coefficient (Wildman–Crippen LogP) is 2.22. The molecule has 0 aromatic heterocycles. The minimum Gasteiger partial charge on any atom is -0.480 e. The van der Waals surface area contributed by atoms with Crippen molar-refractivity contribution in [2.75, 3.05) is 13.1 Å². The standard InChI is InChI=1S/C14H24N2O3/c1-14(7-3-2-4-8-14)15-13(19)16(10-12(17)18)9-11-5-6-11/h11H,2-10H2,1H3,(H,15,19)(H,17,18). The van der Waals surface area contributed by atoms with Gasteiger partial charge >= 0.3 is 12.0 Å². The maximum Gasteiger partial charge on any atom is 0.323 e. The highest BCUT2D eigenvalue weighted by Gasteiger charge is 2.33. The molecule has 2 saturated carbocycles. The van der Waals surface area contributed by atoms with Crippen LogP contribution < -0.4 is 5.32 Å². The van der Waals surface area contributed by atoms with Gasteiger partial charge in [-0.25, -0.2) is 4.79 Å². The molecule has 0 aromatic rings. The van der Waals surface area contributed by atoms with E-state index in [0.717, 1.165) is 38.5 Å². The van der Waals surface area contributed by atoms with Crippen molar-refractivity contribution in [1.82, 2.24) is 10.2 Å². The maximum absolute atomic E-state index is 12.3. The van der Waals surface area contributed by atoms with E-state index in [0.29, 0.717) is 12.5 Å². The highest BCUT2D eigenvalue weighted by Crippen LogP contribution is 2.31. The van der Waals surface area contributed by atoms with Crippen LogP contribution in [0.5, 0.6) is 0 Å². The van der Waals surface area contributed by atoms with E-state index in [1.54, 1.807) is 0 Å². The zero-order chi connectivity index (χ0) is 13.9. The van der Waals surface area contributed by atoms with Crippen molar-refractivity contribution in [2.45, 2.75) is 57.4 Å². The van der Waals surface area contributed by atoms with Crippen molar-refractivity contribution in [3.63, 3.8) is 0 Å². The van der Waals surface area contributed by atoms with Gasteiger partial charge in [0.25, 0.3) is 0 Å². The number of carboxylic acids is 1. The van der Waals surface area contributed by atoms with E-state index in [2.05, 4.69) is 12.2 Å². The molecule has 2 aliphatic carbocycles. The number of carboxylic acid groups (broad SMARTS) is 1. The third-order valence-electron chi connectivity index (χ3n) is 4.15. The summed E-state index contributed by atoms with van der Waals surface area (Å²) in [4.78, 5) is 24.6. The average molecular weight is 268 g/mol. The molecule has 0 radical (unpaired) electrons. The van der Waals surface area contributed by atoms with E-state index in [9.17, 15) is 9.59 Å². The number of hydrogen-bond acceptors (Lipinski definition) is 2. The fourth-order valence-corrected chi connectivity index (χ4v) is 2.79. The maximum atomic E-state index is 12.3. The van der Waals surface area contributed by atoms with Gasteiger partial charge in [-0.05, 0) is 38.5 Å². The van der Waals surface area contributed by atoms with E-state index < -0.39 is 5.97 Å². The van der Waals surface area contributed by atoms with Crippen molar-refractivity contribution >= 4 is 12.0 Å². The van der Waals surface area contributed by atoms with Gasteiger partial charge in [0.05, 0.1) is 0 Å². The Labute approximate surface area is 114 Å². The molecule has 0 heterocycles. The van der Waals surface area contributed by atoms with E-state index in [1.165, 1.54) is 11.3 Å². The molecular weight excluding hydrogens is 244 g/mol. The Morgan fingerprint density at radius 2 is 1.89 bits per heavy atom. The number of amides is 2. The molecule has 0 atom stereocenters. The SMILES string of the molecule is CC1(NC(=O)N(CC(=O)O)CC2CC2)CCCCC1. The molecule has 2 amide bonds. The summed E-state index contributed by atoms with van der Waals surface area (Å²) in [6.07, 6.45) is 7.70. The monoisotopic (exact) mass is 268 g/mol. The van der Waals surface area contributed by atoms with Crippen LogP contribution in [-0.2, 0) is 4.79 Å². The van der Waals surface area contributed by atoms with E-state index in [4.69, 9.17) is 5.11 Å². The van der Waals surface area contributed by atoms with Crippen LogP contribution in [0.3, 0.4) is 0 Å². The summed E-state index contributed by atoms with van der Waals surface area (Å²) in [5.74, 6) is -0.436. The molecule has 2 fully saturated rings. The van der Waals surface area contributed by atoms with Gasteiger partial charge in [-0.3, -0.25) is 4.79 Å². The minimum atomic E-state index is -0.940. The van der Waals surface area contributed by atoms with Gasteiger partial charge in [-0.2, -0.15) is 0 Å². The lowest BCUT2D eigenvalue weighted by Crippen LogP contribution is -2.53. The number of hydrogen-bond donors (Lipinski definition) is 2. The largest absolute Gasteiger partial charge is 0.480 e. The molecule has 0 spiro atoms. The normalized spacial score (nSPS) is 21.7. The van der Waals surface area contributed by atoms with E-state index in [1.807, 2.05) is 0 Å². The molecular formula is C14H24N2O3. The lowest BCUT2D eigenvalue weighted by molar-refractivity contribution is -0.137. The Kier molecular flexibility index (Phi) is 4.32. The third-order valence-corrected chi connectivity index (χ3v) is 4.15. The van der Waals surface area contributed by atoms with E-state index in [-0.39, 0.29) is 18.1 Å². The Hall–Kier alpha value is -1.26. The van der Waals surface area contributed by atoms with Crippen LogP contribution in [-0.4, -0.2) is 40.6 Å². The first-order valence-electron chi connectivity index (χ1n) is 7.27. The Morgan fingerprint density at radius 1 is 1.26 bits per heavy atom. The van der Waals surface area contributed by atoms with Gasteiger partial charge in [-0.15, -0.1) is 0 Å². The van der Waals surface area contributed by atoms with Crippen molar-refractivity contribution in [3.05, 3.63) is 0 Å². The van der Waals surface area contributed by atoms with Crippen LogP contribution in [0.4, 0.5) is 4.79 Å². The fraction of sp³-hybridized carbons (Fsp3) is 0.857. The van der Waals surface area contributed by atoms with Crippen molar-refractivity contribution in [1.29, 1.82) is 0 Å². The summed E-state index contributed by atoms with van der Waals surface area (Å²) in [5.41, 5.74) is -0.157. The fourth-order valence-electron chi connectivity index (χ4n) is 2.79. The van der Waals surface area contributed by atoms with E-state index >= 15 is 0 Å². The Bertz CT molecular complexity index is 347. The number of rotatable bonds is 5. The quantitative estimate of drug-likeness (QED) is 0.803. The molecule has 108 valence electrons. The average Bonchev–Trinajstić information content (AvgIpc) is 3.12. The number of nitrogens with zero attached hydrogens (tertiary/aromatic N) is 1. The van der Waals surface area contributed by atoms with Gasteiger partial charge in [0, 0.05) is 12.1 Å². The van der Waals surface area contributed by atoms with Crippen LogP contribution in [0, 0.1) is 5.92 Å². The topological polar surface area (TPSA) is 69.6 Å². The van der Waals surface area contributed by atoms with Crippen molar-refractivity contribution in [2.24, 2.45) is 5.92 Å². The van der Waals surface area contributed by atoms with Gasteiger partial charge in [0.1, 0.15) is 6.54 Å². The smallest absolute Gasteiger partial charge is 0.323 e. The molecule has 0 unspecified atom stereocenters. The number of carbonyl (C=O) groups excluding carboxylic acids is 1. The molecule has 5 heteroatoms. The molecule has 5 nitrogen and oxygen atoms in total. The Balaban J connectivity index is 1.91. The molecule has 2 rings (SSSR count). The number of aliphatic carboxylic acids is 1. The first-order valence-corrected chi connectivity index (χ1v) is 7.27. The Morgan fingerprint density at radius 3 is 2.42 bits per heavy atom. The lowest BCUT2D eigenvalue weighted by atomic mass is 9.83. The van der Waals surface area contributed by atoms with Gasteiger partial charge in [0.15, 0.2) is 0 Å². The van der Waals surface area contributed by atoms with Crippen molar-refractivity contribution < 1.29 is 14.7 Å². The molecule has 2 aliphatic rings. The second-order valence-electron chi connectivity index (χ2n) is 6.27. The number of carbonyl (C=O) groups is 2. The third kappa shape index (κ3) is 4.40. The zero-order valence-electron chi connectivity index (χ0n) is 11.7. The summed E-state index contributed by atoms with van der Waals surface area (Å²) >= 11 is 0. The lowest BCUT2D eigenvalue weighted by Gasteiger charge is -2.36. The van der Waals surface area contributed by atoms with Crippen molar-refractivity contribution in [3.8, 4) is 0 Å². The minimum absolute atomic E-state index is 0.157. The number of nitrogens with one attached hydrogen (secondary N) is 1. The van der Waals surface area contributed by atoms with Crippen LogP contribution >= 0.6 is 0 Å². The molecule has 0 aliphatic heterocycles. The molecule has 2 N–H and O–H groups in total. The van der Waals surface area contributed by atoms with Gasteiger partial charge < -0.3 is 15.3 Å². The summed E-state index contributed by atoms with van der Waals surface area (Å²) in [6, 6.07) is -0.210. The zero-order valence-corrected chi connectivity index (χ0v) is 11.7. The summed E-state index contributed by atoms with van der Waals surface area (Å²) < 4.78 is 0. The van der Waals surface area contributed by atoms with Crippen LogP contribution in [0.1, 0.15) is 51.9 Å². The summed E-state index contributed by atoms with van der Waals surface area (Å²) in [6.45, 7) is 2.45. The predicted molar refractivity (Wildman–Crippen MR) is 72.0 cm³/mol. The molecule has 0 saturated heterocycles. The first-order chi connectivity index (χ1) is 8.98. The molecule has 0 bridgehead atoms. The molecule has 19 heavy (non-hydrogen) atoms. The summed E-state index contributed by atoms with van der Waals surface area (Å²) in [7, 11) is 0. The highest BCUT2D eigenvalue weighted by molar-refractivity contribution is 5.80. The molecule has 0 aromatic carbocycles. The first kappa shape index (κ1) is 14.2. The van der Waals surface area contributed by atoms with Crippen LogP contribution in [0.25, 0.3) is 0 Å². The van der Waals surface area contributed by atoms with Crippen LogP contribution in [0.15, 0.2) is 0 Å². The van der Waals surface area contributed by atoms with Gasteiger partial charge in [0.2, 0.25) is 0 Å². The van der Waals surface area contributed by atoms with Crippen LogP contribution in [0.2, 0.25) is 0 Å². The second kappa shape index (κ2) is 5.80. The second-order valence-corrected chi connectivity index (χ2v) is 6.27. The highest BCUT2D eigenvalue weighted by atomic mass is 16.4.